The average Bonchev–Trinajstić information content (AvgIpc) is 2.70. The number of aromatic nitrogens is 3. The molecule has 4 rings (SSSR count). The highest BCUT2D eigenvalue weighted by molar-refractivity contribution is 5.92. The molecule has 160 valence electrons. The lowest BCUT2D eigenvalue weighted by molar-refractivity contribution is -0.190. The SMILES string of the molecule is CC(C)(C#Cc1cncc2c1CCCN2c1nc(=O)[nH]c2cccc(F)c12)C(F)(F)F. The van der Waals surface area contributed by atoms with Gasteiger partial charge in [0.15, 0.2) is 5.82 Å². The van der Waals surface area contributed by atoms with Gasteiger partial charge in [0.25, 0.3) is 0 Å². The Kier molecular flexibility index (Phi) is 4.96. The van der Waals surface area contributed by atoms with Crippen molar-refractivity contribution in [3.63, 3.8) is 0 Å². The van der Waals surface area contributed by atoms with E-state index in [0.717, 1.165) is 13.8 Å². The van der Waals surface area contributed by atoms with Gasteiger partial charge in [-0.1, -0.05) is 17.9 Å². The maximum absolute atomic E-state index is 14.6. The standard InChI is InChI=1S/C22H18F4N4O/c1-21(2,22(24,25)26)9-8-13-11-27-12-17-14(13)5-4-10-30(17)19-18-15(23)6-3-7-16(18)28-20(31)29-19/h3,6-7,11-12H,4-5,10H2,1-2H3,(H,28,29,31). The molecule has 0 aliphatic carbocycles. The molecule has 0 fully saturated rings. The van der Waals surface area contributed by atoms with Crippen LogP contribution in [0.4, 0.5) is 29.1 Å². The maximum atomic E-state index is 14.6. The molecule has 0 radical (unpaired) electrons. The first-order valence-electron chi connectivity index (χ1n) is 9.61. The van der Waals surface area contributed by atoms with Crippen LogP contribution in [-0.2, 0) is 6.42 Å². The molecule has 0 unspecified atom stereocenters. The highest BCUT2D eigenvalue weighted by Gasteiger charge is 2.46. The lowest BCUT2D eigenvalue weighted by Gasteiger charge is -2.31. The Labute approximate surface area is 175 Å². The van der Waals surface area contributed by atoms with Crippen LogP contribution in [0.3, 0.4) is 0 Å². The Morgan fingerprint density at radius 2 is 1.97 bits per heavy atom. The fourth-order valence-electron chi connectivity index (χ4n) is 3.47. The Hall–Kier alpha value is -3.41. The van der Waals surface area contributed by atoms with Crippen molar-refractivity contribution in [1.82, 2.24) is 15.0 Å². The molecule has 0 spiro atoms. The molecular formula is C22H18F4N4O. The number of nitrogens with zero attached hydrogens (tertiary/aromatic N) is 3. The van der Waals surface area contributed by atoms with Crippen molar-refractivity contribution in [3.8, 4) is 11.8 Å². The number of H-pyrrole nitrogens is 1. The molecule has 9 heteroatoms. The van der Waals surface area contributed by atoms with Crippen LogP contribution in [0.1, 0.15) is 31.4 Å². The maximum Gasteiger partial charge on any atom is 0.404 e. The van der Waals surface area contributed by atoms with Crippen LogP contribution in [0, 0.1) is 23.1 Å². The minimum atomic E-state index is -4.47. The molecule has 3 aromatic rings. The first kappa shape index (κ1) is 20.8. The van der Waals surface area contributed by atoms with Crippen molar-refractivity contribution < 1.29 is 17.6 Å². The molecule has 5 nitrogen and oxygen atoms in total. The van der Waals surface area contributed by atoms with Crippen molar-refractivity contribution in [2.45, 2.75) is 32.9 Å². The van der Waals surface area contributed by atoms with Gasteiger partial charge in [0.2, 0.25) is 0 Å². The Bertz CT molecular complexity index is 1280. The minimum Gasteiger partial charge on any atom is -0.324 e. The highest BCUT2D eigenvalue weighted by atomic mass is 19.4. The van der Waals surface area contributed by atoms with Crippen LogP contribution < -0.4 is 10.6 Å². The average molecular weight is 430 g/mol. The van der Waals surface area contributed by atoms with Crippen molar-refractivity contribution in [1.29, 1.82) is 0 Å². The van der Waals surface area contributed by atoms with Gasteiger partial charge in [-0.25, -0.2) is 9.18 Å². The molecule has 0 atom stereocenters. The molecule has 1 aliphatic heterocycles. The summed E-state index contributed by atoms with van der Waals surface area (Å²) in [7, 11) is 0. The van der Waals surface area contributed by atoms with Gasteiger partial charge in [-0.2, -0.15) is 18.2 Å². The first-order chi connectivity index (χ1) is 14.6. The zero-order valence-corrected chi connectivity index (χ0v) is 16.8. The van der Waals surface area contributed by atoms with Crippen LogP contribution in [-0.4, -0.2) is 27.7 Å². The number of hydrogen-bond acceptors (Lipinski definition) is 4. The molecule has 1 N–H and O–H groups in total. The second kappa shape index (κ2) is 7.38. The van der Waals surface area contributed by atoms with Crippen molar-refractivity contribution in [2.24, 2.45) is 5.41 Å². The second-order valence-electron chi connectivity index (χ2n) is 7.84. The largest absolute Gasteiger partial charge is 0.404 e. The predicted octanol–water partition coefficient (Wildman–Crippen LogP) is 4.48. The topological polar surface area (TPSA) is 61.9 Å². The Morgan fingerprint density at radius 1 is 1.19 bits per heavy atom. The Morgan fingerprint density at radius 3 is 2.71 bits per heavy atom. The number of rotatable bonds is 1. The van der Waals surface area contributed by atoms with E-state index in [1.807, 2.05) is 0 Å². The van der Waals surface area contributed by atoms with E-state index in [4.69, 9.17) is 0 Å². The number of anilines is 2. The van der Waals surface area contributed by atoms with Crippen molar-refractivity contribution >= 4 is 22.4 Å². The molecule has 1 aliphatic rings. The fourth-order valence-corrected chi connectivity index (χ4v) is 3.47. The Balaban J connectivity index is 1.86. The van der Waals surface area contributed by atoms with Gasteiger partial charge < -0.3 is 9.88 Å². The number of alkyl halides is 3. The summed E-state index contributed by atoms with van der Waals surface area (Å²) in [5, 5.41) is 0.157. The smallest absolute Gasteiger partial charge is 0.324 e. The zero-order chi connectivity index (χ0) is 22.4. The van der Waals surface area contributed by atoms with E-state index in [2.05, 4.69) is 26.8 Å². The number of benzene rings is 1. The molecule has 31 heavy (non-hydrogen) atoms. The summed E-state index contributed by atoms with van der Waals surface area (Å²) in [4.78, 5) is 24.4. The van der Waals surface area contributed by atoms with Gasteiger partial charge in [0, 0.05) is 18.3 Å². The number of aromatic amines is 1. The van der Waals surface area contributed by atoms with Gasteiger partial charge in [-0.05, 0) is 44.4 Å². The quantitative estimate of drug-likeness (QED) is 0.457. The predicted molar refractivity (Wildman–Crippen MR) is 109 cm³/mol. The third-order valence-corrected chi connectivity index (χ3v) is 5.29. The first-order valence-corrected chi connectivity index (χ1v) is 9.61. The van der Waals surface area contributed by atoms with Crippen molar-refractivity contribution in [3.05, 3.63) is 58.0 Å². The third kappa shape index (κ3) is 3.74. The molecule has 0 saturated heterocycles. The van der Waals surface area contributed by atoms with E-state index in [1.54, 1.807) is 11.0 Å². The summed E-state index contributed by atoms with van der Waals surface area (Å²) in [6.45, 7) is 2.48. The van der Waals surface area contributed by atoms with Gasteiger partial charge in [0.05, 0.1) is 22.8 Å². The summed E-state index contributed by atoms with van der Waals surface area (Å²) in [6.07, 6.45) is -0.331. The van der Waals surface area contributed by atoms with Crippen LogP contribution in [0.2, 0.25) is 0 Å². The molecule has 0 bridgehead atoms. The van der Waals surface area contributed by atoms with Crippen LogP contribution in [0.25, 0.3) is 10.9 Å². The van der Waals surface area contributed by atoms with Crippen LogP contribution >= 0.6 is 0 Å². The number of pyridine rings is 1. The van der Waals surface area contributed by atoms with E-state index >= 15 is 0 Å². The van der Waals surface area contributed by atoms with E-state index < -0.39 is 23.1 Å². The summed E-state index contributed by atoms with van der Waals surface area (Å²) >= 11 is 0. The molecule has 0 amide bonds. The van der Waals surface area contributed by atoms with Gasteiger partial charge in [-0.3, -0.25) is 4.98 Å². The van der Waals surface area contributed by atoms with Crippen molar-refractivity contribution in [2.75, 3.05) is 11.4 Å². The molecular weight excluding hydrogens is 412 g/mol. The normalized spacial score (nSPS) is 14.2. The lowest BCUT2D eigenvalue weighted by Crippen LogP contribution is -2.30. The molecule has 0 saturated carbocycles. The molecule has 2 aromatic heterocycles. The monoisotopic (exact) mass is 430 g/mol. The third-order valence-electron chi connectivity index (χ3n) is 5.29. The summed E-state index contributed by atoms with van der Waals surface area (Å²) in [6, 6.07) is 4.34. The van der Waals surface area contributed by atoms with Gasteiger partial charge in [0.1, 0.15) is 11.2 Å². The highest BCUT2D eigenvalue weighted by Crippen LogP contribution is 2.38. The number of nitrogens with one attached hydrogen (secondary N) is 1. The fraction of sp³-hybridized carbons (Fsp3) is 0.318. The zero-order valence-electron chi connectivity index (χ0n) is 16.8. The number of halogens is 4. The van der Waals surface area contributed by atoms with E-state index in [1.165, 1.54) is 24.5 Å². The molecule has 1 aromatic carbocycles. The second-order valence-corrected chi connectivity index (χ2v) is 7.84. The van der Waals surface area contributed by atoms with Crippen LogP contribution in [0.5, 0.6) is 0 Å². The lowest BCUT2D eigenvalue weighted by atomic mass is 9.92. The number of hydrogen-bond donors (Lipinski definition) is 1. The van der Waals surface area contributed by atoms with Crippen LogP contribution in [0.15, 0.2) is 35.4 Å². The summed E-state index contributed by atoms with van der Waals surface area (Å²) < 4.78 is 54.2. The summed E-state index contributed by atoms with van der Waals surface area (Å²) in [5.41, 5.74) is -0.899. The number of fused-ring (bicyclic) bond motifs is 2. The van der Waals surface area contributed by atoms with Gasteiger partial charge in [-0.15, -0.1) is 0 Å². The van der Waals surface area contributed by atoms with E-state index in [0.29, 0.717) is 41.7 Å². The van der Waals surface area contributed by atoms with Gasteiger partial charge >= 0.3 is 11.9 Å². The van der Waals surface area contributed by atoms with E-state index in [9.17, 15) is 22.4 Å². The minimum absolute atomic E-state index is 0.139. The van der Waals surface area contributed by atoms with E-state index in [-0.39, 0.29) is 11.2 Å². The molecule has 3 heterocycles. The summed E-state index contributed by atoms with van der Waals surface area (Å²) in [5.74, 6) is 4.53.